The maximum atomic E-state index is 13.0. The molecule has 1 aliphatic rings. The first-order valence-corrected chi connectivity index (χ1v) is 10.1. The molecule has 1 fully saturated rings. The highest BCUT2D eigenvalue weighted by Crippen LogP contribution is 2.25. The van der Waals surface area contributed by atoms with Crippen molar-refractivity contribution in [3.8, 4) is 0 Å². The molecule has 0 bridgehead atoms. The summed E-state index contributed by atoms with van der Waals surface area (Å²) in [6, 6.07) is 19.9. The Morgan fingerprint density at radius 3 is 2.84 bits per heavy atom. The average Bonchev–Trinajstić information content (AvgIpc) is 2.66. The van der Waals surface area contributed by atoms with E-state index in [1.165, 1.54) is 24.0 Å². The molecule has 1 aliphatic heterocycles. The minimum Gasteiger partial charge on any atom is -0.309 e. The van der Waals surface area contributed by atoms with Crippen LogP contribution in [0.3, 0.4) is 0 Å². The molecule has 1 saturated heterocycles. The van der Waals surface area contributed by atoms with Gasteiger partial charge in [-0.3, -0.25) is 0 Å². The summed E-state index contributed by atoms with van der Waals surface area (Å²) in [4.78, 5) is 1.14. The molecule has 2 nitrogen and oxygen atoms in total. The Morgan fingerprint density at radius 1 is 1.20 bits per heavy atom. The van der Waals surface area contributed by atoms with Crippen LogP contribution in [-0.2, 0) is 6.54 Å². The van der Waals surface area contributed by atoms with Crippen LogP contribution in [0, 0.1) is 0 Å². The van der Waals surface area contributed by atoms with Gasteiger partial charge in [0.15, 0.2) is 0 Å². The topological polar surface area (TPSA) is 24.1 Å². The normalized spacial score (nSPS) is 21.8. The standard InChI is InChI=1S/C21H27FN2S/c1-16(22)15-25-19-10-5-7-17(13-19)14-24-20-11-6-12-23-21(20)18-8-3-2-4-9-18/h2-5,7-10,13,16,20-21,23-24H,6,11-12,14-15H2,1H3. The highest BCUT2D eigenvalue weighted by molar-refractivity contribution is 7.99. The molecule has 1 heterocycles. The van der Waals surface area contributed by atoms with E-state index in [-0.39, 0.29) is 0 Å². The lowest BCUT2D eigenvalue weighted by molar-refractivity contribution is 0.304. The summed E-state index contributed by atoms with van der Waals surface area (Å²) in [7, 11) is 0. The van der Waals surface area contributed by atoms with Gasteiger partial charge in [-0.05, 0) is 49.6 Å². The maximum absolute atomic E-state index is 13.0. The molecular weight excluding hydrogens is 331 g/mol. The maximum Gasteiger partial charge on any atom is 0.107 e. The molecule has 2 N–H and O–H groups in total. The van der Waals surface area contributed by atoms with E-state index in [1.807, 2.05) is 0 Å². The lowest BCUT2D eigenvalue weighted by Crippen LogP contribution is -2.45. The van der Waals surface area contributed by atoms with Gasteiger partial charge in [0.25, 0.3) is 0 Å². The Labute approximate surface area is 154 Å². The molecule has 0 saturated carbocycles. The molecule has 2 aromatic rings. The van der Waals surface area contributed by atoms with Crippen molar-refractivity contribution in [2.24, 2.45) is 0 Å². The second-order valence-corrected chi connectivity index (χ2v) is 7.80. The summed E-state index contributed by atoms with van der Waals surface area (Å²) >= 11 is 1.59. The number of piperidine rings is 1. The third kappa shape index (κ3) is 5.56. The SMILES string of the molecule is CC(F)CSc1cccc(CNC2CCCNC2c2ccccc2)c1. The van der Waals surface area contributed by atoms with Gasteiger partial charge in [0.2, 0.25) is 0 Å². The first kappa shape index (κ1) is 18.4. The van der Waals surface area contributed by atoms with Crippen LogP contribution in [0.25, 0.3) is 0 Å². The quantitative estimate of drug-likeness (QED) is 0.700. The van der Waals surface area contributed by atoms with E-state index >= 15 is 0 Å². The van der Waals surface area contributed by atoms with Gasteiger partial charge in [-0.25, -0.2) is 4.39 Å². The van der Waals surface area contributed by atoms with Crippen molar-refractivity contribution in [3.05, 3.63) is 65.7 Å². The number of halogens is 1. The summed E-state index contributed by atoms with van der Waals surface area (Å²) in [6.45, 7) is 3.53. The second-order valence-electron chi connectivity index (χ2n) is 6.71. The van der Waals surface area contributed by atoms with Crippen molar-refractivity contribution in [2.45, 2.75) is 49.5 Å². The van der Waals surface area contributed by atoms with Crippen molar-refractivity contribution >= 4 is 11.8 Å². The first-order chi connectivity index (χ1) is 12.2. The summed E-state index contributed by atoms with van der Waals surface area (Å²) in [5.74, 6) is 0.513. The van der Waals surface area contributed by atoms with Crippen LogP contribution in [0.15, 0.2) is 59.5 Å². The van der Waals surface area contributed by atoms with Gasteiger partial charge in [-0.1, -0.05) is 42.5 Å². The summed E-state index contributed by atoms with van der Waals surface area (Å²) < 4.78 is 13.0. The fourth-order valence-corrected chi connectivity index (χ4v) is 4.16. The van der Waals surface area contributed by atoms with Crippen LogP contribution >= 0.6 is 11.8 Å². The molecule has 134 valence electrons. The van der Waals surface area contributed by atoms with E-state index in [1.54, 1.807) is 18.7 Å². The van der Waals surface area contributed by atoms with Crippen molar-refractivity contribution in [1.82, 2.24) is 10.6 Å². The Bertz CT molecular complexity index is 647. The van der Waals surface area contributed by atoms with Gasteiger partial charge in [-0.2, -0.15) is 0 Å². The van der Waals surface area contributed by atoms with Crippen molar-refractivity contribution < 1.29 is 4.39 Å². The molecule has 0 aliphatic carbocycles. The summed E-state index contributed by atoms with van der Waals surface area (Å²) in [5.41, 5.74) is 2.61. The summed E-state index contributed by atoms with van der Waals surface area (Å²) in [6.07, 6.45) is 1.61. The molecule has 3 atom stereocenters. The predicted octanol–water partition coefficient (Wildman–Crippen LogP) is 4.72. The third-order valence-electron chi connectivity index (χ3n) is 4.56. The van der Waals surface area contributed by atoms with E-state index in [9.17, 15) is 4.39 Å². The fraction of sp³-hybridized carbons (Fsp3) is 0.429. The number of hydrogen-bond acceptors (Lipinski definition) is 3. The largest absolute Gasteiger partial charge is 0.309 e. The number of alkyl halides is 1. The monoisotopic (exact) mass is 358 g/mol. The molecule has 25 heavy (non-hydrogen) atoms. The number of thioether (sulfide) groups is 1. The Morgan fingerprint density at radius 2 is 2.04 bits per heavy atom. The highest BCUT2D eigenvalue weighted by atomic mass is 32.2. The molecule has 2 aromatic carbocycles. The van der Waals surface area contributed by atoms with Crippen molar-refractivity contribution in [1.29, 1.82) is 0 Å². The molecule has 3 unspecified atom stereocenters. The van der Waals surface area contributed by atoms with E-state index in [0.29, 0.717) is 17.8 Å². The van der Waals surface area contributed by atoms with Crippen LogP contribution in [-0.4, -0.2) is 24.5 Å². The second kappa shape index (κ2) is 9.37. The van der Waals surface area contributed by atoms with E-state index in [0.717, 1.165) is 18.0 Å². The van der Waals surface area contributed by atoms with Crippen LogP contribution in [0.2, 0.25) is 0 Å². The van der Waals surface area contributed by atoms with Crippen LogP contribution in [0.5, 0.6) is 0 Å². The van der Waals surface area contributed by atoms with Gasteiger partial charge in [0, 0.05) is 29.3 Å². The highest BCUT2D eigenvalue weighted by Gasteiger charge is 2.25. The van der Waals surface area contributed by atoms with E-state index < -0.39 is 6.17 Å². The average molecular weight is 359 g/mol. The third-order valence-corrected chi connectivity index (χ3v) is 5.78. The van der Waals surface area contributed by atoms with Crippen LogP contribution in [0.4, 0.5) is 4.39 Å². The molecule has 0 radical (unpaired) electrons. The minimum atomic E-state index is -0.772. The molecular formula is C21H27FN2S. The van der Waals surface area contributed by atoms with Gasteiger partial charge >= 0.3 is 0 Å². The smallest absolute Gasteiger partial charge is 0.107 e. The lowest BCUT2D eigenvalue weighted by Gasteiger charge is -2.34. The number of hydrogen-bond donors (Lipinski definition) is 2. The van der Waals surface area contributed by atoms with Gasteiger partial charge < -0.3 is 10.6 Å². The van der Waals surface area contributed by atoms with Crippen LogP contribution < -0.4 is 10.6 Å². The van der Waals surface area contributed by atoms with E-state index in [2.05, 4.69) is 65.2 Å². The van der Waals surface area contributed by atoms with Gasteiger partial charge in [-0.15, -0.1) is 11.8 Å². The fourth-order valence-electron chi connectivity index (χ4n) is 3.32. The number of benzene rings is 2. The molecule has 0 aromatic heterocycles. The number of nitrogens with one attached hydrogen (secondary N) is 2. The summed E-state index contributed by atoms with van der Waals surface area (Å²) in [5, 5.41) is 7.39. The zero-order valence-electron chi connectivity index (χ0n) is 14.7. The van der Waals surface area contributed by atoms with Gasteiger partial charge in [0.05, 0.1) is 0 Å². The minimum absolute atomic E-state index is 0.361. The van der Waals surface area contributed by atoms with Crippen molar-refractivity contribution in [3.63, 3.8) is 0 Å². The zero-order chi connectivity index (χ0) is 17.5. The van der Waals surface area contributed by atoms with Gasteiger partial charge in [0.1, 0.15) is 6.17 Å². The van der Waals surface area contributed by atoms with Crippen molar-refractivity contribution in [2.75, 3.05) is 12.3 Å². The molecule has 0 amide bonds. The predicted molar refractivity (Wildman–Crippen MR) is 105 cm³/mol. The first-order valence-electron chi connectivity index (χ1n) is 9.10. The zero-order valence-corrected chi connectivity index (χ0v) is 15.6. The molecule has 3 rings (SSSR count). The lowest BCUT2D eigenvalue weighted by atomic mass is 9.92. The molecule has 4 heteroatoms. The Hall–Kier alpha value is -1.36. The Balaban J connectivity index is 1.60. The van der Waals surface area contributed by atoms with Crippen LogP contribution in [0.1, 0.15) is 36.9 Å². The molecule has 0 spiro atoms. The van der Waals surface area contributed by atoms with E-state index in [4.69, 9.17) is 0 Å². The Kier molecular flexibility index (Phi) is 6.91. The number of rotatable bonds is 7.